The molecule has 5 nitrogen and oxygen atoms in total. The number of likely N-dealkylation sites (tertiary alicyclic amines) is 1. The van der Waals surface area contributed by atoms with E-state index in [0.717, 1.165) is 30.9 Å². The van der Waals surface area contributed by atoms with Gasteiger partial charge in [-0.15, -0.1) is 0 Å². The van der Waals surface area contributed by atoms with Crippen LogP contribution in [0.5, 0.6) is 0 Å². The third-order valence-corrected chi connectivity index (χ3v) is 3.88. The maximum absolute atomic E-state index is 9.18. The SMILES string of the molecule is Cc1nn(C)c(NC2CCN(C)C(C)C2)c1C#N. The van der Waals surface area contributed by atoms with Crippen molar-refractivity contribution >= 4 is 5.82 Å². The van der Waals surface area contributed by atoms with Crippen molar-refractivity contribution in [1.82, 2.24) is 14.7 Å². The topological polar surface area (TPSA) is 56.9 Å². The normalized spacial score (nSPS) is 24.8. The summed E-state index contributed by atoms with van der Waals surface area (Å²) in [6.07, 6.45) is 2.21. The fourth-order valence-electron chi connectivity index (χ4n) is 2.57. The van der Waals surface area contributed by atoms with Crippen LogP contribution >= 0.6 is 0 Å². The van der Waals surface area contributed by atoms with E-state index in [4.69, 9.17) is 0 Å². The van der Waals surface area contributed by atoms with Crippen molar-refractivity contribution < 1.29 is 0 Å². The molecule has 98 valence electrons. The molecular weight excluding hydrogens is 226 g/mol. The molecular formula is C13H21N5. The summed E-state index contributed by atoms with van der Waals surface area (Å²) in [5, 5.41) is 17.0. The van der Waals surface area contributed by atoms with Crippen molar-refractivity contribution in [3.05, 3.63) is 11.3 Å². The highest BCUT2D eigenvalue weighted by Gasteiger charge is 2.24. The van der Waals surface area contributed by atoms with Gasteiger partial charge in [0.05, 0.1) is 5.69 Å². The smallest absolute Gasteiger partial charge is 0.142 e. The zero-order valence-corrected chi connectivity index (χ0v) is 11.6. The Kier molecular flexibility index (Phi) is 3.58. The van der Waals surface area contributed by atoms with Crippen LogP contribution in [0.4, 0.5) is 5.82 Å². The van der Waals surface area contributed by atoms with E-state index >= 15 is 0 Å². The molecule has 1 N–H and O–H groups in total. The lowest BCUT2D eigenvalue weighted by atomic mass is 9.99. The molecule has 1 fully saturated rings. The predicted molar refractivity (Wildman–Crippen MR) is 71.4 cm³/mol. The maximum atomic E-state index is 9.18. The van der Waals surface area contributed by atoms with Gasteiger partial charge in [-0.25, -0.2) is 0 Å². The first-order chi connectivity index (χ1) is 8.52. The molecule has 0 saturated carbocycles. The summed E-state index contributed by atoms with van der Waals surface area (Å²) in [5.41, 5.74) is 1.47. The first-order valence-electron chi connectivity index (χ1n) is 6.43. The number of nitrogens with one attached hydrogen (secondary N) is 1. The third kappa shape index (κ3) is 2.34. The molecule has 1 aliphatic rings. The van der Waals surface area contributed by atoms with Crippen LogP contribution in [0.2, 0.25) is 0 Å². The monoisotopic (exact) mass is 247 g/mol. The third-order valence-electron chi connectivity index (χ3n) is 3.88. The van der Waals surface area contributed by atoms with Crippen molar-refractivity contribution in [2.24, 2.45) is 7.05 Å². The lowest BCUT2D eigenvalue weighted by molar-refractivity contribution is 0.190. The number of hydrogen-bond acceptors (Lipinski definition) is 4. The Morgan fingerprint density at radius 2 is 2.17 bits per heavy atom. The lowest BCUT2D eigenvalue weighted by Gasteiger charge is -2.35. The summed E-state index contributed by atoms with van der Waals surface area (Å²) in [7, 11) is 4.05. The summed E-state index contributed by atoms with van der Waals surface area (Å²) in [6.45, 7) is 5.21. The van der Waals surface area contributed by atoms with Gasteiger partial charge < -0.3 is 10.2 Å². The van der Waals surface area contributed by atoms with E-state index < -0.39 is 0 Å². The lowest BCUT2D eigenvalue weighted by Crippen LogP contribution is -2.42. The molecule has 0 bridgehead atoms. The second-order valence-electron chi connectivity index (χ2n) is 5.24. The van der Waals surface area contributed by atoms with Gasteiger partial charge in [-0.05, 0) is 33.7 Å². The van der Waals surface area contributed by atoms with Crippen LogP contribution in [0.15, 0.2) is 0 Å². The fourth-order valence-corrected chi connectivity index (χ4v) is 2.57. The molecule has 0 aromatic carbocycles. The number of nitrogens with zero attached hydrogens (tertiary/aromatic N) is 4. The van der Waals surface area contributed by atoms with Crippen LogP contribution in [-0.4, -0.2) is 40.4 Å². The van der Waals surface area contributed by atoms with Gasteiger partial charge in [0.1, 0.15) is 17.5 Å². The average Bonchev–Trinajstić information content (AvgIpc) is 2.58. The molecule has 0 aliphatic carbocycles. The summed E-state index contributed by atoms with van der Waals surface area (Å²) >= 11 is 0. The van der Waals surface area contributed by atoms with Gasteiger partial charge in [-0.3, -0.25) is 4.68 Å². The molecule has 1 aliphatic heterocycles. The zero-order chi connectivity index (χ0) is 13.3. The van der Waals surface area contributed by atoms with Crippen molar-refractivity contribution in [3.63, 3.8) is 0 Å². The molecule has 0 radical (unpaired) electrons. The minimum Gasteiger partial charge on any atom is -0.366 e. The minimum atomic E-state index is 0.429. The van der Waals surface area contributed by atoms with E-state index in [1.165, 1.54) is 0 Å². The molecule has 1 aromatic heterocycles. The van der Waals surface area contributed by atoms with Crippen molar-refractivity contribution in [3.8, 4) is 6.07 Å². The molecule has 18 heavy (non-hydrogen) atoms. The molecule has 2 unspecified atom stereocenters. The molecule has 1 aromatic rings. The Labute approximate surface area is 108 Å². The van der Waals surface area contributed by atoms with Gasteiger partial charge in [0.2, 0.25) is 0 Å². The van der Waals surface area contributed by atoms with Crippen molar-refractivity contribution in [1.29, 1.82) is 5.26 Å². The predicted octanol–water partition coefficient (Wildman–Crippen LogP) is 1.49. The number of anilines is 1. The number of piperidine rings is 1. The van der Waals surface area contributed by atoms with E-state index in [0.29, 0.717) is 17.6 Å². The second-order valence-corrected chi connectivity index (χ2v) is 5.24. The average molecular weight is 247 g/mol. The number of aryl methyl sites for hydroxylation is 2. The quantitative estimate of drug-likeness (QED) is 0.860. The molecule has 2 heterocycles. The van der Waals surface area contributed by atoms with Crippen LogP contribution in [-0.2, 0) is 7.05 Å². The van der Waals surface area contributed by atoms with Crippen LogP contribution in [0.1, 0.15) is 31.0 Å². The van der Waals surface area contributed by atoms with Crippen LogP contribution < -0.4 is 5.32 Å². The van der Waals surface area contributed by atoms with E-state index in [2.05, 4.69) is 35.4 Å². The van der Waals surface area contributed by atoms with Gasteiger partial charge in [0, 0.05) is 25.7 Å². The second kappa shape index (κ2) is 4.99. The van der Waals surface area contributed by atoms with Crippen LogP contribution in [0, 0.1) is 18.3 Å². The van der Waals surface area contributed by atoms with Gasteiger partial charge in [-0.2, -0.15) is 10.4 Å². The van der Waals surface area contributed by atoms with Crippen molar-refractivity contribution in [2.75, 3.05) is 18.9 Å². The highest BCUT2D eigenvalue weighted by molar-refractivity contribution is 5.55. The summed E-state index contributed by atoms with van der Waals surface area (Å²) in [4.78, 5) is 2.37. The number of nitriles is 1. The molecule has 1 saturated heterocycles. The molecule has 5 heteroatoms. The van der Waals surface area contributed by atoms with Gasteiger partial charge in [0.15, 0.2) is 0 Å². The van der Waals surface area contributed by atoms with Gasteiger partial charge >= 0.3 is 0 Å². The Hall–Kier alpha value is -1.54. The van der Waals surface area contributed by atoms with E-state index in [-0.39, 0.29) is 0 Å². The first kappa shape index (κ1) is 12.9. The Balaban J connectivity index is 2.13. The fraction of sp³-hybridized carbons (Fsp3) is 0.692. The molecule has 2 atom stereocenters. The van der Waals surface area contributed by atoms with Crippen molar-refractivity contribution in [2.45, 2.75) is 38.8 Å². The minimum absolute atomic E-state index is 0.429. The summed E-state index contributed by atoms with van der Waals surface area (Å²) in [6, 6.07) is 3.25. The number of aromatic nitrogens is 2. The maximum Gasteiger partial charge on any atom is 0.142 e. The summed E-state index contributed by atoms with van der Waals surface area (Å²) < 4.78 is 1.77. The Bertz CT molecular complexity index is 470. The first-order valence-corrected chi connectivity index (χ1v) is 6.43. The largest absolute Gasteiger partial charge is 0.366 e. The highest BCUT2D eigenvalue weighted by atomic mass is 15.3. The molecule has 2 rings (SSSR count). The Morgan fingerprint density at radius 3 is 2.78 bits per heavy atom. The molecule has 0 spiro atoms. The highest BCUT2D eigenvalue weighted by Crippen LogP contribution is 2.23. The standard InChI is InChI=1S/C13H21N5/c1-9-7-11(5-6-17(9)3)15-13-12(8-14)10(2)16-18(13)4/h9,11,15H,5-7H2,1-4H3. The van der Waals surface area contributed by atoms with Gasteiger partial charge in [-0.1, -0.05) is 0 Å². The van der Waals surface area contributed by atoms with E-state index in [9.17, 15) is 5.26 Å². The number of rotatable bonds is 2. The molecule has 0 amide bonds. The van der Waals surface area contributed by atoms with Crippen LogP contribution in [0.3, 0.4) is 0 Å². The number of hydrogen-bond donors (Lipinski definition) is 1. The zero-order valence-electron chi connectivity index (χ0n) is 11.6. The van der Waals surface area contributed by atoms with Gasteiger partial charge in [0.25, 0.3) is 0 Å². The van der Waals surface area contributed by atoms with Crippen LogP contribution in [0.25, 0.3) is 0 Å². The summed E-state index contributed by atoms with van der Waals surface area (Å²) in [5.74, 6) is 0.858. The Morgan fingerprint density at radius 1 is 1.44 bits per heavy atom. The van der Waals surface area contributed by atoms with E-state index in [1.54, 1.807) is 4.68 Å². The van der Waals surface area contributed by atoms with E-state index in [1.807, 2.05) is 14.0 Å².